The number of carbonyl (C=O) groups excluding carboxylic acids is 1. The summed E-state index contributed by atoms with van der Waals surface area (Å²) in [5.74, 6) is -0.292. The van der Waals surface area contributed by atoms with E-state index in [1.165, 1.54) is 0 Å². The number of nitrogens with zero attached hydrogens (tertiary/aromatic N) is 1. The van der Waals surface area contributed by atoms with E-state index in [1.807, 2.05) is 6.92 Å². The number of rotatable bonds is 2. The van der Waals surface area contributed by atoms with Gasteiger partial charge in [-0.2, -0.15) is 5.10 Å². The van der Waals surface area contributed by atoms with Gasteiger partial charge in [-0.15, -0.1) is 0 Å². The number of hydrogen-bond acceptors (Lipinski definition) is 4. The van der Waals surface area contributed by atoms with E-state index < -0.39 is 0 Å². The molecule has 2 N–H and O–H groups in total. The van der Waals surface area contributed by atoms with Gasteiger partial charge in [-0.05, 0) is 19.4 Å². The Bertz CT molecular complexity index is 710. The lowest BCUT2D eigenvalue weighted by atomic mass is 10.1. The smallest absolute Gasteiger partial charge is 0.272 e. The van der Waals surface area contributed by atoms with Gasteiger partial charge in [0, 0.05) is 12.0 Å². The van der Waals surface area contributed by atoms with Crippen LogP contribution >= 0.6 is 0 Å². The molecule has 0 spiro atoms. The van der Waals surface area contributed by atoms with Gasteiger partial charge in [0.05, 0.1) is 17.5 Å². The minimum atomic E-state index is -0.297. The van der Waals surface area contributed by atoms with E-state index in [-0.39, 0.29) is 29.3 Å². The molecule has 20 heavy (non-hydrogen) atoms. The Morgan fingerprint density at radius 2 is 2.15 bits per heavy atom. The van der Waals surface area contributed by atoms with Crippen LogP contribution in [0.2, 0.25) is 0 Å². The van der Waals surface area contributed by atoms with Crippen molar-refractivity contribution in [1.29, 1.82) is 0 Å². The van der Waals surface area contributed by atoms with Crippen LogP contribution in [0.3, 0.4) is 0 Å². The first kappa shape index (κ1) is 12.8. The van der Waals surface area contributed by atoms with Crippen LogP contribution in [0.1, 0.15) is 23.8 Å². The Balaban J connectivity index is 1.96. The molecule has 1 aromatic heterocycles. The lowest BCUT2D eigenvalue weighted by molar-refractivity contribution is 0.0862. The molecule has 2 unspecified atom stereocenters. The summed E-state index contributed by atoms with van der Waals surface area (Å²) >= 11 is 0. The van der Waals surface area contributed by atoms with Gasteiger partial charge in [0.25, 0.3) is 11.5 Å². The molecular weight excluding hydrogens is 258 g/mol. The zero-order valence-corrected chi connectivity index (χ0v) is 11.1. The minimum absolute atomic E-state index is 0.00650. The van der Waals surface area contributed by atoms with Crippen LogP contribution in [0.5, 0.6) is 0 Å². The van der Waals surface area contributed by atoms with Crippen molar-refractivity contribution >= 4 is 16.7 Å². The summed E-state index contributed by atoms with van der Waals surface area (Å²) in [6.07, 6.45) is 0.779. The molecule has 6 heteroatoms. The predicted molar refractivity (Wildman–Crippen MR) is 73.6 cm³/mol. The average molecular weight is 273 g/mol. The summed E-state index contributed by atoms with van der Waals surface area (Å²) < 4.78 is 5.42. The maximum Gasteiger partial charge on any atom is 0.272 e. The lowest BCUT2D eigenvalue weighted by Crippen LogP contribution is -2.40. The van der Waals surface area contributed by atoms with Gasteiger partial charge in [0.2, 0.25) is 0 Å². The molecule has 3 rings (SSSR count). The van der Waals surface area contributed by atoms with E-state index >= 15 is 0 Å². The van der Waals surface area contributed by atoms with Crippen LogP contribution < -0.4 is 10.9 Å². The van der Waals surface area contributed by atoms with Crippen molar-refractivity contribution in [2.75, 3.05) is 6.61 Å². The number of aromatic nitrogens is 2. The molecule has 0 saturated carbocycles. The second kappa shape index (κ2) is 5.05. The highest BCUT2D eigenvalue weighted by Crippen LogP contribution is 2.15. The first-order chi connectivity index (χ1) is 9.66. The van der Waals surface area contributed by atoms with Crippen LogP contribution in [0.4, 0.5) is 0 Å². The number of fused-ring (bicyclic) bond motifs is 1. The minimum Gasteiger partial charge on any atom is -0.376 e. The lowest BCUT2D eigenvalue weighted by Gasteiger charge is -2.16. The summed E-state index contributed by atoms with van der Waals surface area (Å²) in [6.45, 7) is 2.57. The van der Waals surface area contributed by atoms with Crippen molar-refractivity contribution in [2.45, 2.75) is 25.5 Å². The largest absolute Gasteiger partial charge is 0.376 e. The monoisotopic (exact) mass is 273 g/mol. The van der Waals surface area contributed by atoms with Crippen molar-refractivity contribution < 1.29 is 9.53 Å². The van der Waals surface area contributed by atoms with Gasteiger partial charge in [-0.3, -0.25) is 9.59 Å². The number of amides is 1. The Labute approximate surface area is 115 Å². The molecule has 6 nitrogen and oxygen atoms in total. The Morgan fingerprint density at radius 3 is 2.85 bits per heavy atom. The number of ether oxygens (including phenoxy) is 1. The van der Waals surface area contributed by atoms with Crippen molar-refractivity contribution in [2.24, 2.45) is 0 Å². The van der Waals surface area contributed by atoms with Gasteiger partial charge in [-0.25, -0.2) is 5.10 Å². The maximum atomic E-state index is 12.3. The second-order valence-electron chi connectivity index (χ2n) is 4.89. The average Bonchev–Trinajstić information content (AvgIpc) is 2.85. The molecule has 1 aromatic carbocycles. The summed E-state index contributed by atoms with van der Waals surface area (Å²) in [6, 6.07) is 6.91. The van der Waals surface area contributed by atoms with Crippen molar-refractivity contribution in [3.8, 4) is 0 Å². The van der Waals surface area contributed by atoms with Gasteiger partial charge < -0.3 is 10.1 Å². The van der Waals surface area contributed by atoms with Crippen molar-refractivity contribution in [1.82, 2.24) is 15.5 Å². The van der Waals surface area contributed by atoms with E-state index in [0.717, 1.165) is 6.42 Å². The fourth-order valence-corrected chi connectivity index (χ4v) is 2.45. The third kappa shape index (κ3) is 2.18. The zero-order valence-electron chi connectivity index (χ0n) is 11.1. The fourth-order valence-electron chi connectivity index (χ4n) is 2.45. The van der Waals surface area contributed by atoms with Gasteiger partial charge >= 0.3 is 0 Å². The van der Waals surface area contributed by atoms with Crippen LogP contribution in [0, 0.1) is 0 Å². The van der Waals surface area contributed by atoms with Gasteiger partial charge in [0.1, 0.15) is 0 Å². The summed E-state index contributed by atoms with van der Waals surface area (Å²) in [5.41, 5.74) is -0.0611. The highest BCUT2D eigenvalue weighted by atomic mass is 16.5. The van der Waals surface area contributed by atoms with Crippen molar-refractivity contribution in [3.63, 3.8) is 0 Å². The number of benzene rings is 1. The molecule has 1 amide bonds. The molecule has 0 radical (unpaired) electrons. The fraction of sp³-hybridized carbons (Fsp3) is 0.357. The molecule has 2 heterocycles. The highest BCUT2D eigenvalue weighted by Gasteiger charge is 2.27. The SMILES string of the molecule is CC1OCCC1NC(=O)c1n[nH]c(=O)c2ccccc12. The summed E-state index contributed by atoms with van der Waals surface area (Å²) in [5, 5.41) is 10.2. The second-order valence-corrected chi connectivity index (χ2v) is 4.89. The number of H-pyrrole nitrogens is 1. The van der Waals surface area contributed by atoms with E-state index in [1.54, 1.807) is 24.3 Å². The highest BCUT2D eigenvalue weighted by molar-refractivity contribution is 6.04. The molecular formula is C14H15N3O3. The standard InChI is InChI=1S/C14H15N3O3/c1-8-11(6-7-20-8)15-14(19)12-9-4-2-3-5-10(9)13(18)17-16-12/h2-5,8,11H,6-7H2,1H3,(H,15,19)(H,17,18). The molecule has 0 bridgehead atoms. The van der Waals surface area contributed by atoms with Crippen molar-refractivity contribution in [3.05, 3.63) is 40.3 Å². The van der Waals surface area contributed by atoms with E-state index in [9.17, 15) is 9.59 Å². The number of aromatic amines is 1. The zero-order chi connectivity index (χ0) is 14.1. The number of carbonyl (C=O) groups is 1. The van der Waals surface area contributed by atoms with E-state index in [0.29, 0.717) is 17.4 Å². The molecule has 1 fully saturated rings. The molecule has 1 saturated heterocycles. The summed E-state index contributed by atoms with van der Waals surface area (Å²) in [4.78, 5) is 24.0. The predicted octanol–water partition coefficient (Wildman–Crippen LogP) is 0.830. The molecule has 1 aliphatic heterocycles. The Kier molecular flexibility index (Phi) is 3.23. The van der Waals surface area contributed by atoms with Crippen LogP contribution in [-0.2, 0) is 4.74 Å². The third-order valence-corrected chi connectivity index (χ3v) is 3.60. The molecule has 2 aromatic rings. The first-order valence-electron chi connectivity index (χ1n) is 6.56. The molecule has 2 atom stereocenters. The van der Waals surface area contributed by atoms with Crippen LogP contribution in [0.15, 0.2) is 29.1 Å². The van der Waals surface area contributed by atoms with Gasteiger partial charge in [-0.1, -0.05) is 18.2 Å². The molecule has 1 aliphatic rings. The van der Waals surface area contributed by atoms with Gasteiger partial charge in [0.15, 0.2) is 5.69 Å². The maximum absolute atomic E-state index is 12.3. The van der Waals surface area contributed by atoms with E-state index in [2.05, 4.69) is 15.5 Å². The topological polar surface area (TPSA) is 84.1 Å². The quantitative estimate of drug-likeness (QED) is 0.849. The number of nitrogens with one attached hydrogen (secondary N) is 2. The molecule has 104 valence electrons. The van der Waals surface area contributed by atoms with Crippen LogP contribution in [-0.4, -0.2) is 34.9 Å². The third-order valence-electron chi connectivity index (χ3n) is 3.60. The first-order valence-corrected chi connectivity index (χ1v) is 6.56. The number of hydrogen-bond donors (Lipinski definition) is 2. The normalized spacial score (nSPS) is 22.1. The van der Waals surface area contributed by atoms with Crippen LogP contribution in [0.25, 0.3) is 10.8 Å². The Morgan fingerprint density at radius 1 is 1.40 bits per heavy atom. The summed E-state index contributed by atoms with van der Waals surface area (Å²) in [7, 11) is 0. The molecule has 0 aliphatic carbocycles. The Hall–Kier alpha value is -2.21. The van der Waals surface area contributed by atoms with E-state index in [4.69, 9.17) is 4.74 Å².